The minimum atomic E-state index is -0.394. The number of halogens is 2. The van der Waals surface area contributed by atoms with Gasteiger partial charge in [-0.3, -0.25) is 0 Å². The molecule has 0 spiro atoms. The fraction of sp³-hybridized carbons (Fsp3) is 0.538. The van der Waals surface area contributed by atoms with Gasteiger partial charge in [0.2, 0.25) is 0 Å². The van der Waals surface area contributed by atoms with Crippen LogP contribution in [-0.2, 0) is 15.6 Å². The van der Waals surface area contributed by atoms with E-state index in [9.17, 15) is 4.39 Å². The van der Waals surface area contributed by atoms with Crippen LogP contribution in [0.4, 0.5) is 4.39 Å². The first kappa shape index (κ1) is 13.8. The van der Waals surface area contributed by atoms with Gasteiger partial charge >= 0.3 is 7.12 Å². The lowest BCUT2D eigenvalue weighted by Crippen LogP contribution is -2.41. The van der Waals surface area contributed by atoms with Crippen LogP contribution in [0, 0.1) is 5.82 Å². The quantitative estimate of drug-likeness (QED) is 0.764. The number of hydrogen-bond acceptors (Lipinski definition) is 2. The topological polar surface area (TPSA) is 18.5 Å². The Balaban J connectivity index is 2.15. The summed E-state index contributed by atoms with van der Waals surface area (Å²) in [6.45, 7) is 7.95. The van der Waals surface area contributed by atoms with Gasteiger partial charge in [0.15, 0.2) is 0 Å². The van der Waals surface area contributed by atoms with Crippen LogP contribution in [0.2, 0.25) is 5.02 Å². The van der Waals surface area contributed by atoms with Gasteiger partial charge in [0.05, 0.1) is 11.2 Å². The van der Waals surface area contributed by atoms with Crippen LogP contribution in [0.1, 0.15) is 33.3 Å². The van der Waals surface area contributed by atoms with E-state index in [1.54, 1.807) is 6.07 Å². The maximum atomic E-state index is 13.2. The van der Waals surface area contributed by atoms with Crippen LogP contribution >= 0.6 is 11.6 Å². The summed E-state index contributed by atoms with van der Waals surface area (Å²) in [4.78, 5) is 0. The van der Waals surface area contributed by atoms with E-state index in [0.717, 1.165) is 0 Å². The largest absolute Gasteiger partial charge is 0.462 e. The van der Waals surface area contributed by atoms with Crippen molar-refractivity contribution in [3.63, 3.8) is 0 Å². The molecule has 1 fully saturated rings. The van der Waals surface area contributed by atoms with Gasteiger partial charge in [-0.05, 0) is 51.5 Å². The predicted octanol–water partition coefficient (Wildman–Crippen LogP) is 3.65. The first-order valence-corrected chi connectivity index (χ1v) is 6.39. The average molecular weight is 271 g/mol. The fourth-order valence-corrected chi connectivity index (χ4v) is 2.12. The van der Waals surface area contributed by atoms with Crippen LogP contribution in [0.15, 0.2) is 18.2 Å². The molecular weight excluding hydrogens is 253 g/mol. The van der Waals surface area contributed by atoms with Crippen LogP contribution in [-0.4, -0.2) is 18.3 Å². The summed E-state index contributed by atoms with van der Waals surface area (Å²) in [6.07, 6.45) is 0.448. The van der Waals surface area contributed by atoms with E-state index in [1.807, 2.05) is 27.7 Å². The molecule has 0 aromatic heterocycles. The van der Waals surface area contributed by atoms with Crippen molar-refractivity contribution in [2.24, 2.45) is 0 Å². The molecule has 0 bridgehead atoms. The summed E-state index contributed by atoms with van der Waals surface area (Å²) in [5.74, 6) is -0.300. The summed E-state index contributed by atoms with van der Waals surface area (Å²) in [5.41, 5.74) is -0.0512. The second kappa shape index (κ2) is 4.51. The smallest absolute Gasteiger partial charge is 0.403 e. The third kappa shape index (κ3) is 2.56. The normalized spacial score (nSPS) is 21.3. The van der Waals surface area contributed by atoms with Crippen LogP contribution in [0.25, 0.3) is 0 Å². The highest BCUT2D eigenvalue weighted by atomic mass is 35.5. The molecule has 1 aliphatic rings. The Morgan fingerprint density at radius 1 is 1.17 bits per heavy atom. The van der Waals surface area contributed by atoms with Gasteiger partial charge in [-0.25, -0.2) is 4.39 Å². The van der Waals surface area contributed by atoms with Crippen LogP contribution in [0.3, 0.4) is 0 Å². The molecule has 1 aromatic carbocycles. The minimum Gasteiger partial charge on any atom is -0.403 e. The Labute approximate surface area is 113 Å². The van der Waals surface area contributed by atoms with Crippen molar-refractivity contribution in [3.05, 3.63) is 34.6 Å². The van der Waals surface area contributed by atoms with Crippen molar-refractivity contribution in [2.75, 3.05) is 0 Å². The number of benzene rings is 1. The van der Waals surface area contributed by atoms with Crippen LogP contribution in [0.5, 0.6) is 0 Å². The fourth-order valence-electron chi connectivity index (χ4n) is 1.93. The van der Waals surface area contributed by atoms with Gasteiger partial charge in [0.1, 0.15) is 5.82 Å². The van der Waals surface area contributed by atoms with Gasteiger partial charge in [-0.2, -0.15) is 0 Å². The lowest BCUT2D eigenvalue weighted by atomic mass is 9.81. The number of rotatable bonds is 2. The summed E-state index contributed by atoms with van der Waals surface area (Å²) in [5, 5.41) is 0.533. The van der Waals surface area contributed by atoms with E-state index in [0.29, 0.717) is 16.9 Å². The minimum absolute atomic E-state index is 0.300. The zero-order chi connectivity index (χ0) is 13.6. The zero-order valence-electron chi connectivity index (χ0n) is 11.1. The highest BCUT2D eigenvalue weighted by Crippen LogP contribution is 2.37. The van der Waals surface area contributed by atoms with E-state index in [1.165, 1.54) is 12.1 Å². The molecule has 0 N–H and O–H groups in total. The summed E-state index contributed by atoms with van der Waals surface area (Å²) < 4.78 is 24.9. The molecule has 1 aromatic rings. The Kier molecular flexibility index (Phi) is 3.47. The van der Waals surface area contributed by atoms with Crippen molar-refractivity contribution in [3.8, 4) is 0 Å². The zero-order valence-corrected chi connectivity index (χ0v) is 11.8. The standard InChI is InChI=1S/C13H17BClFO2/c1-12(2)13(3,4)18-14(17-12)8-9-7-10(16)5-6-11(9)15/h5-7H,8H2,1-4H3. The lowest BCUT2D eigenvalue weighted by Gasteiger charge is -2.32. The highest BCUT2D eigenvalue weighted by Gasteiger charge is 2.50. The van der Waals surface area contributed by atoms with Gasteiger partial charge in [-0.1, -0.05) is 11.6 Å². The molecule has 18 heavy (non-hydrogen) atoms. The maximum absolute atomic E-state index is 13.2. The molecule has 5 heteroatoms. The molecule has 0 aliphatic carbocycles. The van der Waals surface area contributed by atoms with Crippen molar-refractivity contribution in [1.82, 2.24) is 0 Å². The third-order valence-corrected chi connectivity index (χ3v) is 4.07. The maximum Gasteiger partial charge on any atom is 0.462 e. The Morgan fingerprint density at radius 3 is 2.28 bits per heavy atom. The van der Waals surface area contributed by atoms with Gasteiger partial charge in [0, 0.05) is 11.3 Å². The molecular formula is C13H17BClFO2. The molecule has 1 saturated heterocycles. The molecule has 0 amide bonds. The van der Waals surface area contributed by atoms with Crippen LogP contribution < -0.4 is 0 Å². The third-order valence-electron chi connectivity index (χ3n) is 3.70. The first-order chi connectivity index (χ1) is 8.21. The van der Waals surface area contributed by atoms with E-state index in [-0.39, 0.29) is 17.0 Å². The number of hydrogen-bond donors (Lipinski definition) is 0. The summed E-state index contributed by atoms with van der Waals surface area (Å²) in [7, 11) is -0.394. The lowest BCUT2D eigenvalue weighted by molar-refractivity contribution is 0.00578. The summed E-state index contributed by atoms with van der Waals surface area (Å²) in [6, 6.07) is 4.32. The van der Waals surface area contributed by atoms with Crippen molar-refractivity contribution in [2.45, 2.75) is 45.2 Å². The van der Waals surface area contributed by atoms with E-state index in [4.69, 9.17) is 20.9 Å². The molecule has 2 nitrogen and oxygen atoms in total. The van der Waals surface area contributed by atoms with E-state index >= 15 is 0 Å². The molecule has 0 radical (unpaired) electrons. The Morgan fingerprint density at radius 2 is 1.72 bits per heavy atom. The monoisotopic (exact) mass is 270 g/mol. The Bertz CT molecular complexity index is 446. The molecule has 0 saturated carbocycles. The summed E-state index contributed by atoms with van der Waals surface area (Å²) >= 11 is 6.04. The van der Waals surface area contributed by atoms with Gasteiger partial charge < -0.3 is 9.31 Å². The van der Waals surface area contributed by atoms with Crippen molar-refractivity contribution in [1.29, 1.82) is 0 Å². The first-order valence-electron chi connectivity index (χ1n) is 6.01. The molecule has 2 rings (SSSR count). The van der Waals surface area contributed by atoms with Crippen molar-refractivity contribution < 1.29 is 13.7 Å². The molecule has 1 aliphatic heterocycles. The Hall–Kier alpha value is -0.575. The predicted molar refractivity (Wildman–Crippen MR) is 71.2 cm³/mol. The molecule has 98 valence electrons. The van der Waals surface area contributed by atoms with Crippen molar-refractivity contribution >= 4 is 18.7 Å². The van der Waals surface area contributed by atoms with Gasteiger partial charge in [0.25, 0.3) is 0 Å². The molecule has 1 heterocycles. The second-order valence-corrected chi connectivity index (χ2v) is 6.03. The second-order valence-electron chi connectivity index (χ2n) is 5.63. The van der Waals surface area contributed by atoms with Gasteiger partial charge in [-0.15, -0.1) is 0 Å². The average Bonchev–Trinajstić information content (AvgIpc) is 2.41. The highest BCUT2D eigenvalue weighted by molar-refractivity contribution is 6.45. The van der Waals surface area contributed by atoms with E-state index < -0.39 is 7.12 Å². The molecule has 0 atom stereocenters. The SMILES string of the molecule is CC1(C)OB(Cc2cc(F)ccc2Cl)OC1(C)C. The van der Waals surface area contributed by atoms with E-state index in [2.05, 4.69) is 0 Å². The molecule has 0 unspecified atom stereocenters.